The Morgan fingerprint density at radius 3 is 2.44 bits per heavy atom. The summed E-state index contributed by atoms with van der Waals surface area (Å²) in [4.78, 5) is 11.3. The molecule has 2 rings (SSSR count). The molecule has 1 N–H and O–H groups in total. The SMILES string of the molecule is Cc1cccc(OC(C(=O)O)c2ccccc2)c1. The summed E-state index contributed by atoms with van der Waals surface area (Å²) >= 11 is 0. The van der Waals surface area contributed by atoms with Gasteiger partial charge in [-0.25, -0.2) is 4.79 Å². The Kier molecular flexibility index (Phi) is 3.63. The molecule has 0 radical (unpaired) electrons. The molecule has 92 valence electrons. The Morgan fingerprint density at radius 1 is 1.11 bits per heavy atom. The van der Waals surface area contributed by atoms with Gasteiger partial charge in [0.15, 0.2) is 0 Å². The van der Waals surface area contributed by atoms with Crippen LogP contribution in [0.25, 0.3) is 0 Å². The van der Waals surface area contributed by atoms with E-state index >= 15 is 0 Å². The average molecular weight is 242 g/mol. The van der Waals surface area contributed by atoms with E-state index < -0.39 is 12.1 Å². The van der Waals surface area contributed by atoms with Gasteiger partial charge in [0.05, 0.1) is 0 Å². The van der Waals surface area contributed by atoms with Crippen molar-refractivity contribution in [2.24, 2.45) is 0 Å². The minimum atomic E-state index is -0.997. The molecule has 3 nitrogen and oxygen atoms in total. The standard InChI is InChI=1S/C15H14O3/c1-11-6-5-9-13(10-11)18-14(15(16)17)12-7-3-2-4-8-12/h2-10,14H,1H3,(H,16,17). The first-order valence-corrected chi connectivity index (χ1v) is 5.68. The molecule has 0 bridgehead atoms. The molecule has 2 aromatic carbocycles. The van der Waals surface area contributed by atoms with Crippen molar-refractivity contribution in [1.29, 1.82) is 0 Å². The second-order valence-corrected chi connectivity index (χ2v) is 4.06. The molecule has 0 saturated heterocycles. The summed E-state index contributed by atoms with van der Waals surface area (Å²) in [5.74, 6) is -0.436. The lowest BCUT2D eigenvalue weighted by atomic mass is 10.1. The van der Waals surface area contributed by atoms with Crippen LogP contribution in [0.4, 0.5) is 0 Å². The van der Waals surface area contributed by atoms with Gasteiger partial charge < -0.3 is 9.84 Å². The third-order valence-electron chi connectivity index (χ3n) is 2.57. The van der Waals surface area contributed by atoms with Gasteiger partial charge in [-0.3, -0.25) is 0 Å². The second-order valence-electron chi connectivity index (χ2n) is 4.06. The molecule has 0 heterocycles. The molecule has 1 unspecified atom stereocenters. The lowest BCUT2D eigenvalue weighted by Gasteiger charge is -2.15. The van der Waals surface area contributed by atoms with Gasteiger partial charge in [0, 0.05) is 5.56 Å². The smallest absolute Gasteiger partial charge is 0.349 e. The molecule has 0 aromatic heterocycles. The Bertz CT molecular complexity index is 534. The van der Waals surface area contributed by atoms with Crippen LogP contribution >= 0.6 is 0 Å². The first kappa shape index (κ1) is 12.2. The van der Waals surface area contributed by atoms with E-state index in [0.29, 0.717) is 11.3 Å². The van der Waals surface area contributed by atoms with Gasteiger partial charge in [-0.15, -0.1) is 0 Å². The minimum Gasteiger partial charge on any atom is -0.478 e. The van der Waals surface area contributed by atoms with Gasteiger partial charge in [-0.05, 0) is 24.6 Å². The van der Waals surface area contributed by atoms with Gasteiger partial charge in [0.25, 0.3) is 0 Å². The van der Waals surface area contributed by atoms with Crippen molar-refractivity contribution < 1.29 is 14.6 Å². The van der Waals surface area contributed by atoms with Gasteiger partial charge in [0.2, 0.25) is 6.10 Å². The van der Waals surface area contributed by atoms with E-state index in [1.807, 2.05) is 31.2 Å². The zero-order chi connectivity index (χ0) is 13.0. The van der Waals surface area contributed by atoms with E-state index in [-0.39, 0.29) is 0 Å². The largest absolute Gasteiger partial charge is 0.478 e. The zero-order valence-corrected chi connectivity index (χ0v) is 10.0. The fourth-order valence-corrected chi connectivity index (χ4v) is 1.71. The lowest BCUT2D eigenvalue weighted by molar-refractivity contribution is -0.145. The van der Waals surface area contributed by atoms with Crippen LogP contribution in [-0.4, -0.2) is 11.1 Å². The minimum absolute atomic E-state index is 0.561. The van der Waals surface area contributed by atoms with Crippen LogP contribution in [0.5, 0.6) is 5.75 Å². The number of ether oxygens (including phenoxy) is 1. The molecule has 0 aliphatic rings. The maximum Gasteiger partial charge on any atom is 0.349 e. The average Bonchev–Trinajstić information content (AvgIpc) is 2.37. The van der Waals surface area contributed by atoms with Crippen molar-refractivity contribution in [2.45, 2.75) is 13.0 Å². The summed E-state index contributed by atoms with van der Waals surface area (Å²) in [6.45, 7) is 1.94. The third-order valence-corrected chi connectivity index (χ3v) is 2.57. The summed E-state index contributed by atoms with van der Waals surface area (Å²) in [6.07, 6.45) is -0.979. The van der Waals surface area contributed by atoms with E-state index in [1.165, 1.54) is 0 Å². The lowest BCUT2D eigenvalue weighted by Crippen LogP contribution is -2.18. The van der Waals surface area contributed by atoms with E-state index in [1.54, 1.807) is 30.3 Å². The van der Waals surface area contributed by atoms with Crippen LogP contribution in [-0.2, 0) is 4.79 Å². The Balaban J connectivity index is 2.25. The highest BCUT2D eigenvalue weighted by Gasteiger charge is 2.21. The molecule has 0 aliphatic heterocycles. The van der Waals surface area contributed by atoms with Gasteiger partial charge >= 0.3 is 5.97 Å². The molecule has 1 atom stereocenters. The molecule has 18 heavy (non-hydrogen) atoms. The molecule has 0 aliphatic carbocycles. The van der Waals surface area contributed by atoms with Crippen LogP contribution in [0, 0.1) is 6.92 Å². The maximum absolute atomic E-state index is 11.3. The molecule has 2 aromatic rings. The monoisotopic (exact) mass is 242 g/mol. The van der Waals surface area contributed by atoms with Crippen LogP contribution in [0.1, 0.15) is 17.2 Å². The first-order chi connectivity index (χ1) is 8.66. The zero-order valence-electron chi connectivity index (χ0n) is 10.0. The molecule has 0 amide bonds. The van der Waals surface area contributed by atoms with Crippen molar-refractivity contribution in [2.75, 3.05) is 0 Å². The van der Waals surface area contributed by atoms with E-state index in [4.69, 9.17) is 4.74 Å². The van der Waals surface area contributed by atoms with Crippen molar-refractivity contribution >= 4 is 5.97 Å². The normalized spacial score (nSPS) is 11.8. The first-order valence-electron chi connectivity index (χ1n) is 5.68. The quantitative estimate of drug-likeness (QED) is 0.895. The van der Waals surface area contributed by atoms with Crippen molar-refractivity contribution in [3.63, 3.8) is 0 Å². The Labute approximate surface area is 106 Å². The predicted octanol–water partition coefficient (Wildman–Crippen LogP) is 3.20. The molecule has 0 spiro atoms. The number of carbonyl (C=O) groups is 1. The number of carboxylic acid groups (broad SMARTS) is 1. The van der Waals surface area contributed by atoms with Crippen LogP contribution in [0.2, 0.25) is 0 Å². The van der Waals surface area contributed by atoms with E-state index in [2.05, 4.69) is 0 Å². The van der Waals surface area contributed by atoms with Crippen molar-refractivity contribution in [3.05, 3.63) is 65.7 Å². The van der Waals surface area contributed by atoms with E-state index in [9.17, 15) is 9.90 Å². The summed E-state index contributed by atoms with van der Waals surface area (Å²) in [5, 5.41) is 9.23. The van der Waals surface area contributed by atoms with Gasteiger partial charge in [0.1, 0.15) is 5.75 Å². The number of aliphatic carboxylic acids is 1. The predicted molar refractivity (Wildman–Crippen MR) is 68.6 cm³/mol. The molecular weight excluding hydrogens is 228 g/mol. The maximum atomic E-state index is 11.3. The molecular formula is C15H14O3. The number of hydrogen-bond donors (Lipinski definition) is 1. The number of aryl methyl sites for hydroxylation is 1. The number of carboxylic acids is 1. The number of hydrogen-bond acceptors (Lipinski definition) is 2. The summed E-state index contributed by atoms with van der Waals surface area (Å²) < 4.78 is 5.54. The second kappa shape index (κ2) is 5.36. The fraction of sp³-hybridized carbons (Fsp3) is 0.133. The Hall–Kier alpha value is -2.29. The highest BCUT2D eigenvalue weighted by molar-refractivity contribution is 5.74. The summed E-state index contributed by atoms with van der Waals surface area (Å²) in [5.41, 5.74) is 1.66. The van der Waals surface area contributed by atoms with Crippen LogP contribution in [0.3, 0.4) is 0 Å². The van der Waals surface area contributed by atoms with Crippen molar-refractivity contribution in [3.8, 4) is 5.75 Å². The summed E-state index contributed by atoms with van der Waals surface area (Å²) in [7, 11) is 0. The summed E-state index contributed by atoms with van der Waals surface area (Å²) in [6, 6.07) is 16.3. The molecule has 0 saturated carbocycles. The Morgan fingerprint density at radius 2 is 1.83 bits per heavy atom. The highest BCUT2D eigenvalue weighted by atomic mass is 16.5. The van der Waals surface area contributed by atoms with E-state index in [0.717, 1.165) is 5.56 Å². The number of rotatable bonds is 4. The topological polar surface area (TPSA) is 46.5 Å². The van der Waals surface area contributed by atoms with Gasteiger partial charge in [-0.1, -0.05) is 42.5 Å². The third kappa shape index (κ3) is 2.88. The number of benzene rings is 2. The van der Waals surface area contributed by atoms with Crippen molar-refractivity contribution in [1.82, 2.24) is 0 Å². The van der Waals surface area contributed by atoms with Crippen LogP contribution < -0.4 is 4.74 Å². The molecule has 3 heteroatoms. The van der Waals surface area contributed by atoms with Gasteiger partial charge in [-0.2, -0.15) is 0 Å². The van der Waals surface area contributed by atoms with Crippen LogP contribution in [0.15, 0.2) is 54.6 Å². The molecule has 0 fully saturated rings. The highest BCUT2D eigenvalue weighted by Crippen LogP contribution is 2.22. The fourth-order valence-electron chi connectivity index (χ4n) is 1.71.